The van der Waals surface area contributed by atoms with Gasteiger partial charge in [0, 0.05) is 10.9 Å². The molecule has 0 saturated carbocycles. The van der Waals surface area contributed by atoms with Crippen molar-refractivity contribution in [3.05, 3.63) is 57.3 Å². The van der Waals surface area contributed by atoms with E-state index < -0.39 is 0 Å². The molecule has 0 aliphatic heterocycles. The molecule has 0 aliphatic rings. The third-order valence-electron chi connectivity index (χ3n) is 3.38. The van der Waals surface area contributed by atoms with E-state index in [9.17, 15) is 0 Å². The number of hydrogen-bond acceptors (Lipinski definition) is 2. The molecule has 102 valence electrons. The molecule has 2 rings (SSSR count). The Labute approximate surface area is 120 Å². The number of nitrogens with one attached hydrogen (secondary N) is 1. The van der Waals surface area contributed by atoms with Crippen molar-refractivity contribution in [2.24, 2.45) is 0 Å². The van der Waals surface area contributed by atoms with Gasteiger partial charge in [-0.1, -0.05) is 36.8 Å². The zero-order chi connectivity index (χ0) is 13.7. The van der Waals surface area contributed by atoms with Crippen LogP contribution in [0.5, 0.6) is 0 Å². The SMILES string of the molecule is CCCNC(Cc1cccc(C)c1)c1sccc1C. The minimum absolute atomic E-state index is 0.446. The first-order valence-electron chi connectivity index (χ1n) is 7.03. The molecule has 1 aromatic heterocycles. The van der Waals surface area contributed by atoms with Crippen molar-refractivity contribution in [1.29, 1.82) is 0 Å². The molecule has 2 aromatic rings. The molecule has 0 amide bonds. The van der Waals surface area contributed by atoms with E-state index in [1.165, 1.54) is 28.0 Å². The van der Waals surface area contributed by atoms with Gasteiger partial charge in [-0.25, -0.2) is 0 Å². The highest BCUT2D eigenvalue weighted by Crippen LogP contribution is 2.27. The summed E-state index contributed by atoms with van der Waals surface area (Å²) >= 11 is 1.87. The Kier molecular flexibility index (Phi) is 5.17. The summed E-state index contributed by atoms with van der Waals surface area (Å²) in [6, 6.07) is 11.5. The van der Waals surface area contributed by atoms with Crippen molar-refractivity contribution in [2.75, 3.05) is 6.54 Å². The van der Waals surface area contributed by atoms with Crippen molar-refractivity contribution in [2.45, 2.75) is 39.7 Å². The minimum Gasteiger partial charge on any atom is -0.309 e. The summed E-state index contributed by atoms with van der Waals surface area (Å²) in [6.07, 6.45) is 2.25. The molecule has 0 saturated heterocycles. The summed E-state index contributed by atoms with van der Waals surface area (Å²) in [6.45, 7) is 7.67. The van der Waals surface area contributed by atoms with Gasteiger partial charge < -0.3 is 5.32 Å². The average molecular weight is 273 g/mol. The van der Waals surface area contributed by atoms with Crippen LogP contribution < -0.4 is 5.32 Å². The molecule has 1 atom stereocenters. The van der Waals surface area contributed by atoms with E-state index in [-0.39, 0.29) is 0 Å². The lowest BCUT2D eigenvalue weighted by Crippen LogP contribution is -2.23. The predicted molar refractivity (Wildman–Crippen MR) is 85.0 cm³/mol. The maximum absolute atomic E-state index is 3.69. The number of rotatable bonds is 6. The first kappa shape index (κ1) is 14.3. The molecule has 2 heteroatoms. The molecule has 0 fully saturated rings. The maximum atomic E-state index is 3.69. The monoisotopic (exact) mass is 273 g/mol. The third kappa shape index (κ3) is 3.92. The van der Waals surface area contributed by atoms with Crippen LogP contribution in [0.1, 0.15) is 41.0 Å². The second-order valence-corrected chi connectivity index (χ2v) is 6.12. The van der Waals surface area contributed by atoms with Gasteiger partial charge in [-0.05, 0) is 55.8 Å². The topological polar surface area (TPSA) is 12.0 Å². The largest absolute Gasteiger partial charge is 0.309 e. The average Bonchev–Trinajstić information content (AvgIpc) is 2.81. The van der Waals surface area contributed by atoms with Gasteiger partial charge in [0.2, 0.25) is 0 Å². The van der Waals surface area contributed by atoms with E-state index in [2.05, 4.69) is 61.8 Å². The van der Waals surface area contributed by atoms with Crippen LogP contribution in [-0.4, -0.2) is 6.54 Å². The van der Waals surface area contributed by atoms with E-state index in [0.717, 1.165) is 13.0 Å². The Morgan fingerprint density at radius 3 is 2.68 bits per heavy atom. The lowest BCUT2D eigenvalue weighted by molar-refractivity contribution is 0.535. The summed E-state index contributed by atoms with van der Waals surface area (Å²) in [5, 5.41) is 5.89. The van der Waals surface area contributed by atoms with Crippen molar-refractivity contribution < 1.29 is 0 Å². The molecule has 19 heavy (non-hydrogen) atoms. The zero-order valence-electron chi connectivity index (χ0n) is 12.1. The molecule has 1 nitrogen and oxygen atoms in total. The first-order valence-corrected chi connectivity index (χ1v) is 7.91. The van der Waals surface area contributed by atoms with E-state index in [0.29, 0.717) is 6.04 Å². The molecule has 0 radical (unpaired) electrons. The van der Waals surface area contributed by atoms with Crippen LogP contribution >= 0.6 is 11.3 Å². The Balaban J connectivity index is 2.16. The highest BCUT2D eigenvalue weighted by atomic mass is 32.1. The van der Waals surface area contributed by atoms with Crippen LogP contribution in [0.2, 0.25) is 0 Å². The fourth-order valence-electron chi connectivity index (χ4n) is 2.39. The van der Waals surface area contributed by atoms with Crippen LogP contribution in [0.4, 0.5) is 0 Å². The molecule has 1 aromatic carbocycles. The first-order chi connectivity index (χ1) is 9.20. The molecule has 1 unspecified atom stereocenters. The van der Waals surface area contributed by atoms with Crippen LogP contribution in [0, 0.1) is 13.8 Å². The van der Waals surface area contributed by atoms with Crippen molar-refractivity contribution >= 4 is 11.3 Å². The Hall–Kier alpha value is -1.12. The van der Waals surface area contributed by atoms with Gasteiger partial charge in [0.1, 0.15) is 0 Å². The lowest BCUT2D eigenvalue weighted by atomic mass is 10.0. The van der Waals surface area contributed by atoms with Gasteiger partial charge in [-0.15, -0.1) is 11.3 Å². The van der Waals surface area contributed by atoms with Crippen LogP contribution in [0.3, 0.4) is 0 Å². The van der Waals surface area contributed by atoms with E-state index in [1.807, 2.05) is 11.3 Å². The van der Waals surface area contributed by atoms with Crippen LogP contribution in [-0.2, 0) is 6.42 Å². The lowest BCUT2D eigenvalue weighted by Gasteiger charge is -2.19. The summed E-state index contributed by atoms with van der Waals surface area (Å²) in [5.41, 5.74) is 4.17. The van der Waals surface area contributed by atoms with Crippen molar-refractivity contribution in [1.82, 2.24) is 5.32 Å². The number of hydrogen-bond donors (Lipinski definition) is 1. The number of aryl methyl sites for hydroxylation is 2. The number of thiophene rings is 1. The smallest absolute Gasteiger partial charge is 0.0458 e. The van der Waals surface area contributed by atoms with Crippen molar-refractivity contribution in [3.8, 4) is 0 Å². The highest BCUT2D eigenvalue weighted by molar-refractivity contribution is 7.10. The van der Waals surface area contributed by atoms with Gasteiger partial charge in [0.15, 0.2) is 0 Å². The van der Waals surface area contributed by atoms with E-state index in [1.54, 1.807) is 0 Å². The predicted octanol–water partition coefficient (Wildman–Crippen LogP) is 4.65. The summed E-state index contributed by atoms with van der Waals surface area (Å²) < 4.78 is 0. The molecular formula is C17H23NS. The minimum atomic E-state index is 0.446. The Bertz CT molecular complexity index is 515. The third-order valence-corrected chi connectivity index (χ3v) is 4.51. The summed E-state index contributed by atoms with van der Waals surface area (Å²) in [5.74, 6) is 0. The van der Waals surface area contributed by atoms with Crippen LogP contribution in [0.25, 0.3) is 0 Å². The van der Waals surface area contributed by atoms with E-state index in [4.69, 9.17) is 0 Å². The maximum Gasteiger partial charge on any atom is 0.0458 e. The fraction of sp³-hybridized carbons (Fsp3) is 0.412. The molecule has 1 heterocycles. The van der Waals surface area contributed by atoms with E-state index >= 15 is 0 Å². The normalized spacial score (nSPS) is 12.6. The Morgan fingerprint density at radius 1 is 1.21 bits per heavy atom. The molecule has 0 bridgehead atoms. The zero-order valence-corrected chi connectivity index (χ0v) is 12.9. The Morgan fingerprint density at radius 2 is 2.05 bits per heavy atom. The molecule has 1 N–H and O–H groups in total. The molecule has 0 aliphatic carbocycles. The van der Waals surface area contributed by atoms with Gasteiger partial charge in [0.25, 0.3) is 0 Å². The fourth-order valence-corrected chi connectivity index (χ4v) is 3.40. The molecular weight excluding hydrogens is 250 g/mol. The summed E-state index contributed by atoms with van der Waals surface area (Å²) in [4.78, 5) is 1.48. The van der Waals surface area contributed by atoms with Gasteiger partial charge >= 0.3 is 0 Å². The summed E-state index contributed by atoms with van der Waals surface area (Å²) in [7, 11) is 0. The van der Waals surface area contributed by atoms with Crippen LogP contribution in [0.15, 0.2) is 35.7 Å². The van der Waals surface area contributed by atoms with Gasteiger partial charge in [-0.2, -0.15) is 0 Å². The standard InChI is InChI=1S/C17H23NS/c1-4-9-18-16(17-14(3)8-10-19-17)12-15-7-5-6-13(2)11-15/h5-8,10-11,16,18H,4,9,12H2,1-3H3. The molecule has 0 spiro atoms. The van der Waals surface area contributed by atoms with Gasteiger partial charge in [0.05, 0.1) is 0 Å². The van der Waals surface area contributed by atoms with Gasteiger partial charge in [-0.3, -0.25) is 0 Å². The highest BCUT2D eigenvalue weighted by Gasteiger charge is 2.15. The second-order valence-electron chi connectivity index (χ2n) is 5.17. The quantitative estimate of drug-likeness (QED) is 0.808. The number of benzene rings is 1. The van der Waals surface area contributed by atoms with Crippen molar-refractivity contribution in [3.63, 3.8) is 0 Å². The second kappa shape index (κ2) is 6.88.